The molecule has 0 radical (unpaired) electrons. The van der Waals surface area contributed by atoms with E-state index in [2.05, 4.69) is 10.3 Å². The number of carbonyl (C=O) groups excluding carboxylic acids is 1. The van der Waals surface area contributed by atoms with Crippen LogP contribution in [0.2, 0.25) is 0 Å². The fourth-order valence-electron chi connectivity index (χ4n) is 3.10. The summed E-state index contributed by atoms with van der Waals surface area (Å²) in [5.41, 5.74) is 0.294. The first kappa shape index (κ1) is 16.5. The van der Waals surface area contributed by atoms with E-state index in [4.69, 9.17) is 4.74 Å². The molecule has 1 aromatic heterocycles. The number of ether oxygens (including phenoxy) is 1. The lowest BCUT2D eigenvalue weighted by atomic mass is 9.95. The number of sulfonamides is 1. The molecule has 2 heterocycles. The Morgan fingerprint density at radius 1 is 1.22 bits per heavy atom. The average Bonchev–Trinajstić information content (AvgIpc) is 3.07. The van der Waals surface area contributed by atoms with Crippen molar-refractivity contribution in [3.63, 3.8) is 0 Å². The second-order valence-corrected chi connectivity index (χ2v) is 8.01. The van der Waals surface area contributed by atoms with Crippen LogP contribution < -0.4 is 5.32 Å². The van der Waals surface area contributed by atoms with E-state index in [0.717, 1.165) is 25.7 Å². The van der Waals surface area contributed by atoms with Crippen LogP contribution in [-0.4, -0.2) is 56.0 Å². The topological polar surface area (TPSA) is 91.5 Å². The highest BCUT2D eigenvalue weighted by Crippen LogP contribution is 2.20. The van der Waals surface area contributed by atoms with Crippen molar-refractivity contribution in [3.05, 3.63) is 18.0 Å². The molecule has 1 saturated heterocycles. The van der Waals surface area contributed by atoms with E-state index < -0.39 is 10.0 Å². The molecule has 8 heteroatoms. The minimum atomic E-state index is -3.57. The van der Waals surface area contributed by atoms with E-state index in [0.29, 0.717) is 32.0 Å². The van der Waals surface area contributed by atoms with Gasteiger partial charge in [0.25, 0.3) is 5.91 Å². The van der Waals surface area contributed by atoms with Crippen molar-refractivity contribution in [1.29, 1.82) is 0 Å². The van der Waals surface area contributed by atoms with Crippen molar-refractivity contribution in [3.8, 4) is 0 Å². The van der Waals surface area contributed by atoms with Crippen LogP contribution in [0.1, 0.15) is 42.6 Å². The minimum Gasteiger partial charge on any atom is -0.379 e. The van der Waals surface area contributed by atoms with Gasteiger partial charge in [-0.25, -0.2) is 8.42 Å². The van der Waals surface area contributed by atoms with Crippen LogP contribution in [0.5, 0.6) is 0 Å². The zero-order valence-corrected chi connectivity index (χ0v) is 13.9. The third-order valence-corrected chi connectivity index (χ3v) is 6.33. The van der Waals surface area contributed by atoms with Gasteiger partial charge in [-0.3, -0.25) is 4.79 Å². The van der Waals surface area contributed by atoms with Gasteiger partial charge in [0.2, 0.25) is 10.0 Å². The predicted molar refractivity (Wildman–Crippen MR) is 84.7 cm³/mol. The molecule has 0 atom stereocenters. The molecule has 2 aliphatic rings. The molecule has 0 aromatic carbocycles. The lowest BCUT2D eigenvalue weighted by Gasteiger charge is -2.25. The predicted octanol–water partition coefficient (Wildman–Crippen LogP) is 1.10. The molecule has 3 rings (SSSR count). The van der Waals surface area contributed by atoms with Crippen molar-refractivity contribution in [2.45, 2.75) is 43.0 Å². The molecule has 0 unspecified atom stereocenters. The number of morpholine rings is 1. The quantitative estimate of drug-likeness (QED) is 0.858. The molecule has 1 amide bonds. The normalized spacial score (nSPS) is 21.2. The Morgan fingerprint density at radius 3 is 2.61 bits per heavy atom. The molecular formula is C15H23N3O4S. The van der Waals surface area contributed by atoms with Gasteiger partial charge < -0.3 is 15.0 Å². The number of nitrogens with zero attached hydrogens (tertiary/aromatic N) is 1. The van der Waals surface area contributed by atoms with Crippen molar-refractivity contribution in [2.75, 3.05) is 26.3 Å². The van der Waals surface area contributed by atoms with Gasteiger partial charge in [-0.05, 0) is 18.9 Å². The minimum absolute atomic E-state index is 0.133. The summed E-state index contributed by atoms with van der Waals surface area (Å²) in [5, 5.41) is 2.98. The standard InChI is InChI=1S/C15H23N3O4S/c19-15(17-12-4-2-1-3-5-12)14-10-13(11-16-14)23(20,21)18-6-8-22-9-7-18/h10-12,16H,1-9H2,(H,17,19). The maximum Gasteiger partial charge on any atom is 0.267 e. The molecule has 1 saturated carbocycles. The van der Waals surface area contributed by atoms with E-state index in [9.17, 15) is 13.2 Å². The number of carbonyl (C=O) groups is 1. The molecule has 2 fully saturated rings. The van der Waals surface area contributed by atoms with Gasteiger partial charge in [0, 0.05) is 25.3 Å². The number of amides is 1. The molecule has 128 valence electrons. The lowest BCUT2D eigenvalue weighted by Crippen LogP contribution is -2.40. The first-order chi connectivity index (χ1) is 11.1. The van der Waals surface area contributed by atoms with E-state index in [1.165, 1.54) is 23.0 Å². The highest BCUT2D eigenvalue weighted by molar-refractivity contribution is 7.89. The van der Waals surface area contributed by atoms with Crippen molar-refractivity contribution in [2.24, 2.45) is 0 Å². The van der Waals surface area contributed by atoms with Crippen LogP contribution >= 0.6 is 0 Å². The third kappa shape index (κ3) is 3.76. The Balaban J connectivity index is 1.68. The van der Waals surface area contributed by atoms with E-state index in [1.54, 1.807) is 0 Å². The molecular weight excluding hydrogens is 318 g/mol. The Labute approximate surface area is 136 Å². The van der Waals surface area contributed by atoms with Crippen LogP contribution in [0.3, 0.4) is 0 Å². The fourth-order valence-corrected chi connectivity index (χ4v) is 4.50. The van der Waals surface area contributed by atoms with Crippen molar-refractivity contribution < 1.29 is 17.9 Å². The summed E-state index contributed by atoms with van der Waals surface area (Å²) in [6.45, 7) is 1.49. The molecule has 23 heavy (non-hydrogen) atoms. The Hall–Kier alpha value is -1.38. The zero-order valence-electron chi connectivity index (χ0n) is 13.1. The first-order valence-corrected chi connectivity index (χ1v) is 9.58. The summed E-state index contributed by atoms with van der Waals surface area (Å²) in [7, 11) is -3.57. The number of H-pyrrole nitrogens is 1. The van der Waals surface area contributed by atoms with E-state index in [-0.39, 0.29) is 16.8 Å². The summed E-state index contributed by atoms with van der Waals surface area (Å²) < 4.78 is 31.6. The SMILES string of the molecule is O=C(NC1CCCCC1)c1cc(S(=O)(=O)N2CCOCC2)c[nH]1. The highest BCUT2D eigenvalue weighted by atomic mass is 32.2. The second kappa shape index (κ2) is 7.02. The zero-order chi connectivity index (χ0) is 16.3. The van der Waals surface area contributed by atoms with Crippen molar-refractivity contribution >= 4 is 15.9 Å². The van der Waals surface area contributed by atoms with Crippen molar-refractivity contribution in [1.82, 2.24) is 14.6 Å². The van der Waals surface area contributed by atoms with Gasteiger partial charge in [-0.2, -0.15) is 4.31 Å². The summed E-state index contributed by atoms with van der Waals surface area (Å²) in [6, 6.07) is 1.61. The van der Waals surface area contributed by atoms with Gasteiger partial charge in [0.05, 0.1) is 13.2 Å². The molecule has 1 aromatic rings. The smallest absolute Gasteiger partial charge is 0.267 e. The number of hydrogen-bond donors (Lipinski definition) is 2. The van der Waals surface area contributed by atoms with Gasteiger partial charge in [0.15, 0.2) is 0 Å². The van der Waals surface area contributed by atoms with Gasteiger partial charge in [-0.15, -0.1) is 0 Å². The number of rotatable bonds is 4. The molecule has 1 aliphatic heterocycles. The second-order valence-electron chi connectivity index (χ2n) is 6.07. The first-order valence-electron chi connectivity index (χ1n) is 8.14. The van der Waals surface area contributed by atoms with Gasteiger partial charge in [-0.1, -0.05) is 19.3 Å². The number of nitrogens with one attached hydrogen (secondary N) is 2. The van der Waals surface area contributed by atoms with E-state index in [1.807, 2.05) is 0 Å². The summed E-state index contributed by atoms with van der Waals surface area (Å²) in [5.74, 6) is -0.236. The summed E-state index contributed by atoms with van der Waals surface area (Å²) in [6.07, 6.45) is 6.85. The number of aromatic nitrogens is 1. The lowest BCUT2D eigenvalue weighted by molar-refractivity contribution is 0.0730. The van der Waals surface area contributed by atoms with Crippen LogP contribution in [0, 0.1) is 0 Å². The van der Waals surface area contributed by atoms with Gasteiger partial charge >= 0.3 is 0 Å². The van der Waals surface area contributed by atoms with E-state index >= 15 is 0 Å². The Morgan fingerprint density at radius 2 is 1.91 bits per heavy atom. The fraction of sp³-hybridized carbons (Fsp3) is 0.667. The van der Waals surface area contributed by atoms with Crippen LogP contribution in [-0.2, 0) is 14.8 Å². The summed E-state index contributed by atoms with van der Waals surface area (Å²) >= 11 is 0. The van der Waals surface area contributed by atoms with Crippen LogP contribution in [0.4, 0.5) is 0 Å². The van der Waals surface area contributed by atoms with Crippen LogP contribution in [0.15, 0.2) is 17.2 Å². The molecule has 7 nitrogen and oxygen atoms in total. The van der Waals surface area contributed by atoms with Gasteiger partial charge in [0.1, 0.15) is 10.6 Å². The highest BCUT2D eigenvalue weighted by Gasteiger charge is 2.28. The molecule has 1 aliphatic carbocycles. The largest absolute Gasteiger partial charge is 0.379 e. The summed E-state index contributed by atoms with van der Waals surface area (Å²) in [4.78, 5) is 15.2. The van der Waals surface area contributed by atoms with Crippen LogP contribution in [0.25, 0.3) is 0 Å². The third-order valence-electron chi connectivity index (χ3n) is 4.45. The number of hydrogen-bond acceptors (Lipinski definition) is 4. The monoisotopic (exact) mass is 341 g/mol. The average molecular weight is 341 g/mol. The molecule has 0 bridgehead atoms. The Kier molecular flexibility index (Phi) is 5.03. The maximum atomic E-state index is 12.5. The maximum absolute atomic E-state index is 12.5. The molecule has 0 spiro atoms. The Bertz CT molecular complexity index is 643. The number of aromatic amines is 1. The molecule has 2 N–H and O–H groups in total.